The molecule has 0 spiro atoms. The molecule has 29 heavy (non-hydrogen) atoms. The minimum atomic E-state index is -3.05. The molecule has 1 unspecified atom stereocenters. The maximum atomic E-state index is 12.4. The Morgan fingerprint density at radius 1 is 1.07 bits per heavy atom. The number of alkyl halides is 2. The lowest BCUT2D eigenvalue weighted by atomic mass is 10.1. The monoisotopic (exact) mass is 407 g/mol. The Morgan fingerprint density at radius 3 is 2.34 bits per heavy atom. The SMILES string of the molecule is CC(OC(=O)c1ccc(CNC(N)=O)cc1)C(=O)Nc1ccccc1OC(F)F. The standard InChI is InChI=1S/C19H19F2N3O5/c1-11(16(25)24-14-4-2-3-5-15(14)29-18(20)21)28-17(26)13-8-6-12(7-9-13)10-23-19(22)27/h2-9,11,18H,10H2,1H3,(H,24,25)(H3,22,23,27). The fourth-order valence-corrected chi connectivity index (χ4v) is 2.23. The van der Waals surface area contributed by atoms with E-state index in [1.54, 1.807) is 12.1 Å². The van der Waals surface area contributed by atoms with Gasteiger partial charge < -0.3 is 25.8 Å². The number of nitrogens with two attached hydrogens (primary N) is 1. The normalized spacial score (nSPS) is 11.4. The molecule has 3 amide bonds. The third kappa shape index (κ3) is 6.76. The van der Waals surface area contributed by atoms with Gasteiger partial charge in [-0.15, -0.1) is 0 Å². The summed E-state index contributed by atoms with van der Waals surface area (Å²) in [6.45, 7) is -1.51. The highest BCUT2D eigenvalue weighted by molar-refractivity contribution is 5.98. The zero-order chi connectivity index (χ0) is 21.4. The smallest absolute Gasteiger partial charge is 0.387 e. The third-order valence-corrected chi connectivity index (χ3v) is 3.67. The number of para-hydroxylation sites is 2. The molecule has 10 heteroatoms. The number of primary amides is 1. The molecule has 8 nitrogen and oxygen atoms in total. The molecule has 1 atom stereocenters. The molecule has 4 N–H and O–H groups in total. The van der Waals surface area contributed by atoms with E-state index >= 15 is 0 Å². The Hall–Kier alpha value is -3.69. The lowest BCUT2D eigenvalue weighted by Gasteiger charge is -2.16. The summed E-state index contributed by atoms with van der Waals surface area (Å²) in [7, 11) is 0. The first-order valence-electron chi connectivity index (χ1n) is 8.44. The van der Waals surface area contributed by atoms with Crippen molar-refractivity contribution in [2.45, 2.75) is 26.2 Å². The Kier molecular flexibility index (Phi) is 7.47. The first-order chi connectivity index (χ1) is 13.8. The summed E-state index contributed by atoms with van der Waals surface area (Å²) in [5, 5.41) is 4.79. The summed E-state index contributed by atoms with van der Waals surface area (Å²) in [5.74, 6) is -1.68. The van der Waals surface area contributed by atoms with Crippen LogP contribution in [0.5, 0.6) is 5.75 Å². The summed E-state index contributed by atoms with van der Waals surface area (Å²) < 4.78 is 34.3. The first-order valence-corrected chi connectivity index (χ1v) is 8.44. The average Bonchev–Trinajstić information content (AvgIpc) is 2.67. The van der Waals surface area contributed by atoms with Crippen LogP contribution in [0, 0.1) is 0 Å². The van der Waals surface area contributed by atoms with Gasteiger partial charge in [-0.2, -0.15) is 8.78 Å². The predicted molar refractivity (Wildman–Crippen MR) is 99.4 cm³/mol. The average molecular weight is 407 g/mol. The maximum absolute atomic E-state index is 12.4. The molecule has 0 fully saturated rings. The van der Waals surface area contributed by atoms with Gasteiger partial charge in [-0.3, -0.25) is 4.79 Å². The number of carbonyl (C=O) groups excluding carboxylic acids is 3. The number of ether oxygens (including phenoxy) is 2. The Bertz CT molecular complexity index is 874. The molecule has 2 rings (SSSR count). The van der Waals surface area contributed by atoms with Crippen LogP contribution in [0.15, 0.2) is 48.5 Å². The highest BCUT2D eigenvalue weighted by Gasteiger charge is 2.20. The fraction of sp³-hybridized carbons (Fsp3) is 0.211. The fourth-order valence-electron chi connectivity index (χ4n) is 2.23. The number of amides is 3. The van der Waals surface area contributed by atoms with Crippen LogP contribution >= 0.6 is 0 Å². The van der Waals surface area contributed by atoms with Gasteiger partial charge in [0.25, 0.3) is 5.91 Å². The Balaban J connectivity index is 1.95. The number of halogens is 2. The Labute approximate surface area is 165 Å². The molecule has 2 aromatic carbocycles. The topological polar surface area (TPSA) is 120 Å². The summed E-state index contributed by atoms with van der Waals surface area (Å²) in [6, 6.07) is 11.1. The molecular formula is C19H19F2N3O5. The number of carbonyl (C=O) groups is 3. The minimum Gasteiger partial charge on any atom is -0.449 e. The number of benzene rings is 2. The van der Waals surface area contributed by atoms with Crippen molar-refractivity contribution in [3.63, 3.8) is 0 Å². The number of hydrogen-bond donors (Lipinski definition) is 3. The molecule has 0 heterocycles. The number of esters is 1. The van der Waals surface area contributed by atoms with Gasteiger partial charge in [-0.25, -0.2) is 9.59 Å². The van der Waals surface area contributed by atoms with Gasteiger partial charge in [0.2, 0.25) is 0 Å². The van der Waals surface area contributed by atoms with Gasteiger partial charge in [0, 0.05) is 6.54 Å². The van der Waals surface area contributed by atoms with Crippen LogP contribution in [0.3, 0.4) is 0 Å². The van der Waals surface area contributed by atoms with E-state index in [9.17, 15) is 23.2 Å². The first kappa shape index (κ1) is 21.6. The van der Waals surface area contributed by atoms with Crippen LogP contribution in [0.4, 0.5) is 19.3 Å². The van der Waals surface area contributed by atoms with E-state index in [0.29, 0.717) is 5.56 Å². The number of nitrogens with one attached hydrogen (secondary N) is 2. The lowest BCUT2D eigenvalue weighted by molar-refractivity contribution is -0.123. The number of hydrogen-bond acceptors (Lipinski definition) is 5. The molecule has 154 valence electrons. The van der Waals surface area contributed by atoms with Crippen LogP contribution < -0.4 is 21.1 Å². The second-order valence-corrected chi connectivity index (χ2v) is 5.83. The van der Waals surface area contributed by atoms with Crippen LogP contribution in [0.1, 0.15) is 22.8 Å². The molecule has 0 saturated carbocycles. The van der Waals surface area contributed by atoms with Crippen molar-refractivity contribution in [2.24, 2.45) is 5.73 Å². The lowest BCUT2D eigenvalue weighted by Crippen LogP contribution is -2.30. The van der Waals surface area contributed by atoms with Crippen molar-refractivity contribution >= 4 is 23.6 Å². The van der Waals surface area contributed by atoms with E-state index in [-0.39, 0.29) is 23.5 Å². The van der Waals surface area contributed by atoms with Crippen molar-refractivity contribution in [1.82, 2.24) is 5.32 Å². The summed E-state index contributed by atoms with van der Waals surface area (Å²) >= 11 is 0. The zero-order valence-electron chi connectivity index (χ0n) is 15.4. The van der Waals surface area contributed by atoms with Crippen molar-refractivity contribution in [1.29, 1.82) is 0 Å². The highest BCUT2D eigenvalue weighted by atomic mass is 19.3. The van der Waals surface area contributed by atoms with E-state index in [1.807, 2.05) is 0 Å². The van der Waals surface area contributed by atoms with Crippen LogP contribution in [-0.2, 0) is 16.1 Å². The van der Waals surface area contributed by atoms with Crippen molar-refractivity contribution in [3.8, 4) is 5.75 Å². The molecular weight excluding hydrogens is 388 g/mol. The van der Waals surface area contributed by atoms with Crippen LogP contribution in [0.25, 0.3) is 0 Å². The third-order valence-electron chi connectivity index (χ3n) is 3.67. The van der Waals surface area contributed by atoms with Gasteiger partial charge >= 0.3 is 18.6 Å². The molecule has 0 aliphatic rings. The van der Waals surface area contributed by atoms with E-state index in [0.717, 1.165) is 0 Å². The number of anilines is 1. The summed E-state index contributed by atoms with van der Waals surface area (Å²) in [5.41, 5.74) is 5.90. The van der Waals surface area contributed by atoms with Crippen molar-refractivity contribution < 1.29 is 32.6 Å². The van der Waals surface area contributed by atoms with E-state index in [4.69, 9.17) is 10.5 Å². The van der Waals surface area contributed by atoms with Crippen LogP contribution in [0.2, 0.25) is 0 Å². The van der Waals surface area contributed by atoms with E-state index in [2.05, 4.69) is 15.4 Å². The minimum absolute atomic E-state index is 0.0204. The zero-order valence-corrected chi connectivity index (χ0v) is 15.4. The van der Waals surface area contributed by atoms with Crippen LogP contribution in [-0.4, -0.2) is 30.6 Å². The van der Waals surface area contributed by atoms with Gasteiger partial charge in [0.1, 0.15) is 5.75 Å². The molecule has 0 aliphatic heterocycles. The second-order valence-electron chi connectivity index (χ2n) is 5.83. The highest BCUT2D eigenvalue weighted by Crippen LogP contribution is 2.25. The molecule has 0 bridgehead atoms. The van der Waals surface area contributed by atoms with Gasteiger partial charge in [0.05, 0.1) is 11.3 Å². The number of urea groups is 1. The second kappa shape index (κ2) is 10.0. The molecule has 0 aromatic heterocycles. The van der Waals surface area contributed by atoms with Crippen molar-refractivity contribution in [3.05, 3.63) is 59.7 Å². The van der Waals surface area contributed by atoms with Gasteiger partial charge in [-0.1, -0.05) is 24.3 Å². The quantitative estimate of drug-likeness (QED) is 0.581. The summed E-state index contributed by atoms with van der Waals surface area (Å²) in [4.78, 5) is 35.1. The number of rotatable bonds is 8. The largest absolute Gasteiger partial charge is 0.449 e. The molecule has 0 saturated heterocycles. The Morgan fingerprint density at radius 2 is 1.72 bits per heavy atom. The molecule has 2 aromatic rings. The van der Waals surface area contributed by atoms with Crippen molar-refractivity contribution in [2.75, 3.05) is 5.32 Å². The maximum Gasteiger partial charge on any atom is 0.387 e. The van der Waals surface area contributed by atoms with E-state index < -0.39 is 30.6 Å². The molecule has 0 radical (unpaired) electrons. The summed E-state index contributed by atoms with van der Waals surface area (Å²) in [6.07, 6.45) is -1.20. The van der Waals surface area contributed by atoms with E-state index in [1.165, 1.54) is 43.3 Å². The molecule has 0 aliphatic carbocycles. The van der Waals surface area contributed by atoms with Gasteiger partial charge in [-0.05, 0) is 36.8 Å². The van der Waals surface area contributed by atoms with Gasteiger partial charge in [0.15, 0.2) is 6.10 Å². The predicted octanol–water partition coefficient (Wildman–Crippen LogP) is 2.64.